The van der Waals surface area contributed by atoms with Crippen molar-refractivity contribution in [3.63, 3.8) is 0 Å². The Balaban J connectivity index is 2.72. The normalized spacial score (nSPS) is 22.9. The van der Waals surface area contributed by atoms with Crippen LogP contribution in [0.2, 0.25) is 0 Å². The minimum Gasteiger partial charge on any atom is -0.487 e. The molecule has 0 bridgehead atoms. The lowest BCUT2D eigenvalue weighted by Gasteiger charge is -2.20. The molecule has 0 aromatic heterocycles. The summed E-state index contributed by atoms with van der Waals surface area (Å²) in [7, 11) is 0. The molecule has 1 aliphatic heterocycles. The van der Waals surface area contributed by atoms with Crippen LogP contribution in [0.15, 0.2) is 59.3 Å². The van der Waals surface area contributed by atoms with Crippen molar-refractivity contribution >= 4 is 17.5 Å². The van der Waals surface area contributed by atoms with E-state index in [0.29, 0.717) is 29.6 Å². The molecule has 0 aromatic rings. The van der Waals surface area contributed by atoms with E-state index in [-0.39, 0.29) is 18.7 Å². The van der Waals surface area contributed by atoms with Gasteiger partial charge in [-0.25, -0.2) is 0 Å². The Labute approximate surface area is 180 Å². The number of hydrogen-bond acceptors (Lipinski definition) is 4. The summed E-state index contributed by atoms with van der Waals surface area (Å²) in [5.41, 5.74) is 0.901. The van der Waals surface area contributed by atoms with Crippen molar-refractivity contribution in [1.29, 1.82) is 0 Å². The molecule has 0 spiro atoms. The summed E-state index contributed by atoms with van der Waals surface area (Å²) in [4.78, 5) is 12.7. The van der Waals surface area contributed by atoms with Crippen LogP contribution in [0, 0.1) is 5.92 Å². The molecule has 1 aliphatic rings. The van der Waals surface area contributed by atoms with E-state index < -0.39 is 6.10 Å². The molecule has 6 heteroatoms. The number of allylic oxidation sites excluding steroid dienone is 6. The Morgan fingerprint density at radius 2 is 2.14 bits per heavy atom. The molecule has 0 radical (unpaired) electrons. The SMILES string of the molecule is C/C=C\C(CC)C/C(Cl)=C/OC(CC)C(=O)NC(C)C1=C/C=C/OCO\C(C)=C\1. The standard InChI is InChI=1S/C23H34ClNO4/c1-6-10-19(7-2)14-21(24)15-28-22(8-3)23(26)25-18(5)20-11-9-12-27-16-29-17(4)13-20/h6,9-13,15,18-19,22H,7-8,14,16H2,1-5H3,(H,25,26)/b10-6-,12-9+,17-13+,20-11+,21-15-. The summed E-state index contributed by atoms with van der Waals surface area (Å²) < 4.78 is 16.3. The third-order valence-corrected chi connectivity index (χ3v) is 4.76. The highest BCUT2D eigenvalue weighted by atomic mass is 35.5. The topological polar surface area (TPSA) is 56.8 Å². The molecular formula is C23H34ClNO4. The quantitative estimate of drug-likeness (QED) is 0.361. The summed E-state index contributed by atoms with van der Waals surface area (Å²) >= 11 is 6.31. The minimum absolute atomic E-state index is 0.159. The molecule has 5 nitrogen and oxygen atoms in total. The van der Waals surface area contributed by atoms with Crippen LogP contribution in [0.3, 0.4) is 0 Å². The maximum absolute atomic E-state index is 12.7. The van der Waals surface area contributed by atoms with E-state index in [1.54, 1.807) is 12.3 Å². The maximum Gasteiger partial charge on any atom is 0.261 e. The van der Waals surface area contributed by atoms with Crippen molar-refractivity contribution in [2.45, 2.75) is 66.0 Å². The summed E-state index contributed by atoms with van der Waals surface area (Å²) in [6.07, 6.45) is 14.4. The van der Waals surface area contributed by atoms with Crippen LogP contribution < -0.4 is 5.32 Å². The second-order valence-electron chi connectivity index (χ2n) is 6.91. The van der Waals surface area contributed by atoms with Gasteiger partial charge in [-0.3, -0.25) is 4.79 Å². The first-order chi connectivity index (χ1) is 13.9. The smallest absolute Gasteiger partial charge is 0.261 e. The first kappa shape index (κ1) is 24.9. The van der Waals surface area contributed by atoms with Gasteiger partial charge in [0.05, 0.1) is 29.4 Å². The molecule has 1 N–H and O–H groups in total. The number of amides is 1. The predicted octanol–water partition coefficient (Wildman–Crippen LogP) is 5.71. The van der Waals surface area contributed by atoms with Crippen LogP contribution in [-0.4, -0.2) is 24.8 Å². The lowest BCUT2D eigenvalue weighted by atomic mass is 10.0. The Morgan fingerprint density at radius 3 is 2.79 bits per heavy atom. The van der Waals surface area contributed by atoms with Crippen LogP contribution in [0.25, 0.3) is 0 Å². The third-order valence-electron chi connectivity index (χ3n) is 4.52. The maximum atomic E-state index is 12.7. The Bertz CT molecular complexity index is 664. The second-order valence-corrected chi connectivity index (χ2v) is 7.39. The van der Waals surface area contributed by atoms with E-state index in [4.69, 9.17) is 25.8 Å². The van der Waals surface area contributed by atoms with Crippen LogP contribution in [0.1, 0.15) is 53.9 Å². The zero-order valence-corrected chi connectivity index (χ0v) is 18.9. The van der Waals surface area contributed by atoms with Gasteiger partial charge < -0.3 is 19.5 Å². The van der Waals surface area contributed by atoms with E-state index in [9.17, 15) is 4.79 Å². The number of carbonyl (C=O) groups is 1. The molecule has 162 valence electrons. The molecule has 29 heavy (non-hydrogen) atoms. The van der Waals surface area contributed by atoms with Crippen molar-refractivity contribution in [3.05, 3.63) is 59.3 Å². The van der Waals surface area contributed by atoms with Gasteiger partial charge in [0.15, 0.2) is 6.10 Å². The molecule has 0 aliphatic carbocycles. The molecule has 1 rings (SSSR count). The summed E-state index contributed by atoms with van der Waals surface area (Å²) in [5.74, 6) is 0.894. The Kier molecular flexibility index (Phi) is 12.0. The highest BCUT2D eigenvalue weighted by molar-refractivity contribution is 6.29. The minimum atomic E-state index is -0.606. The lowest BCUT2D eigenvalue weighted by molar-refractivity contribution is -0.130. The van der Waals surface area contributed by atoms with Gasteiger partial charge in [0.2, 0.25) is 6.79 Å². The van der Waals surface area contributed by atoms with Crippen molar-refractivity contribution in [2.75, 3.05) is 6.79 Å². The lowest BCUT2D eigenvalue weighted by Crippen LogP contribution is -2.41. The van der Waals surface area contributed by atoms with E-state index in [0.717, 1.165) is 12.0 Å². The number of halogens is 1. The van der Waals surface area contributed by atoms with Gasteiger partial charge in [-0.1, -0.05) is 43.7 Å². The Hall–Kier alpha value is -2.14. The number of rotatable bonds is 10. The highest BCUT2D eigenvalue weighted by Gasteiger charge is 2.20. The zero-order chi connectivity index (χ0) is 21.6. The van der Waals surface area contributed by atoms with E-state index in [1.807, 2.05) is 45.9 Å². The number of ether oxygens (including phenoxy) is 3. The van der Waals surface area contributed by atoms with Crippen LogP contribution in [0.4, 0.5) is 0 Å². The molecule has 0 aromatic carbocycles. The number of hydrogen-bond donors (Lipinski definition) is 1. The van der Waals surface area contributed by atoms with Crippen molar-refractivity contribution in [3.8, 4) is 0 Å². The molecule has 0 fully saturated rings. The fourth-order valence-electron chi connectivity index (χ4n) is 2.77. The molecular weight excluding hydrogens is 390 g/mol. The van der Waals surface area contributed by atoms with Crippen LogP contribution in [-0.2, 0) is 19.0 Å². The Morgan fingerprint density at radius 1 is 1.38 bits per heavy atom. The molecule has 0 saturated heterocycles. The number of nitrogens with one attached hydrogen (secondary N) is 1. The first-order valence-electron chi connectivity index (χ1n) is 10.1. The second kappa shape index (κ2) is 13.9. The van der Waals surface area contributed by atoms with Crippen LogP contribution in [0.5, 0.6) is 0 Å². The molecule has 1 amide bonds. The van der Waals surface area contributed by atoms with Gasteiger partial charge in [-0.2, -0.15) is 0 Å². The monoisotopic (exact) mass is 423 g/mol. The molecule has 3 unspecified atom stereocenters. The van der Waals surface area contributed by atoms with Crippen molar-refractivity contribution in [2.24, 2.45) is 5.92 Å². The predicted molar refractivity (Wildman–Crippen MR) is 118 cm³/mol. The van der Waals surface area contributed by atoms with E-state index in [1.165, 1.54) is 6.26 Å². The highest BCUT2D eigenvalue weighted by Crippen LogP contribution is 2.20. The summed E-state index contributed by atoms with van der Waals surface area (Å²) in [6.45, 7) is 9.94. The number of carbonyl (C=O) groups excluding carboxylic acids is 1. The van der Waals surface area contributed by atoms with Crippen molar-refractivity contribution < 1.29 is 19.0 Å². The van der Waals surface area contributed by atoms with Gasteiger partial charge in [-0.05, 0) is 63.7 Å². The van der Waals surface area contributed by atoms with Crippen LogP contribution >= 0.6 is 11.6 Å². The average molecular weight is 424 g/mol. The fraction of sp³-hybridized carbons (Fsp3) is 0.522. The molecule has 0 saturated carbocycles. The average Bonchev–Trinajstić information content (AvgIpc) is 2.79. The summed E-state index contributed by atoms with van der Waals surface area (Å²) in [6, 6.07) is -0.222. The van der Waals surface area contributed by atoms with E-state index in [2.05, 4.69) is 18.3 Å². The fourth-order valence-corrected chi connectivity index (χ4v) is 3.02. The van der Waals surface area contributed by atoms with Gasteiger partial charge in [0.1, 0.15) is 0 Å². The van der Waals surface area contributed by atoms with Gasteiger partial charge in [0.25, 0.3) is 5.91 Å². The molecule has 1 heterocycles. The van der Waals surface area contributed by atoms with E-state index >= 15 is 0 Å². The third kappa shape index (κ3) is 9.75. The zero-order valence-electron chi connectivity index (χ0n) is 18.1. The van der Waals surface area contributed by atoms with Gasteiger partial charge in [-0.15, -0.1) is 0 Å². The van der Waals surface area contributed by atoms with Gasteiger partial charge >= 0.3 is 0 Å². The molecule has 3 atom stereocenters. The van der Waals surface area contributed by atoms with Crippen molar-refractivity contribution in [1.82, 2.24) is 5.32 Å². The van der Waals surface area contributed by atoms with Gasteiger partial charge in [0, 0.05) is 0 Å². The first-order valence-corrected chi connectivity index (χ1v) is 10.5. The summed E-state index contributed by atoms with van der Waals surface area (Å²) in [5, 5.41) is 3.60. The largest absolute Gasteiger partial charge is 0.487 e.